The quantitative estimate of drug-likeness (QED) is 0.699. The molecule has 1 aromatic rings. The minimum Gasteiger partial charge on any atom is -0.478 e. The summed E-state index contributed by atoms with van der Waals surface area (Å²) in [4.78, 5) is 24.4. The number of carbonyl (C=O) groups excluding carboxylic acids is 2. The average Bonchev–Trinajstić information content (AvgIpc) is 2.98. The van der Waals surface area contributed by atoms with Gasteiger partial charge in [-0.1, -0.05) is 13.0 Å². The van der Waals surface area contributed by atoms with E-state index < -0.39 is 6.10 Å². The number of nitrogens with one attached hydrogen (secondary N) is 3. The van der Waals surface area contributed by atoms with Gasteiger partial charge >= 0.3 is 0 Å². The van der Waals surface area contributed by atoms with Crippen LogP contribution in [0.25, 0.3) is 0 Å². The van der Waals surface area contributed by atoms with Gasteiger partial charge in [0.05, 0.1) is 11.7 Å². The Morgan fingerprint density at radius 3 is 2.68 bits per heavy atom. The van der Waals surface area contributed by atoms with Crippen LogP contribution < -0.4 is 20.7 Å². The lowest BCUT2D eigenvalue weighted by Gasteiger charge is -2.29. The number of hydrogen-bond donors (Lipinski definition) is 3. The van der Waals surface area contributed by atoms with Crippen LogP contribution in [0, 0.1) is 5.92 Å². The van der Waals surface area contributed by atoms with Crippen LogP contribution in [0.4, 0.5) is 5.69 Å². The van der Waals surface area contributed by atoms with Crippen LogP contribution in [0.15, 0.2) is 18.2 Å². The van der Waals surface area contributed by atoms with E-state index >= 15 is 0 Å². The molecule has 0 spiro atoms. The van der Waals surface area contributed by atoms with E-state index in [1.165, 1.54) is 12.8 Å². The highest BCUT2D eigenvalue weighted by Gasteiger charge is 2.34. The summed E-state index contributed by atoms with van der Waals surface area (Å²) in [6, 6.07) is 6.83. The maximum Gasteiger partial charge on any atom is 0.265 e. The van der Waals surface area contributed by atoms with Crippen LogP contribution in [0.1, 0.15) is 64.0 Å². The molecule has 4 atom stereocenters. The van der Waals surface area contributed by atoms with Crippen molar-refractivity contribution in [3.05, 3.63) is 23.8 Å². The van der Waals surface area contributed by atoms with Crippen molar-refractivity contribution in [2.75, 3.05) is 5.32 Å². The summed E-state index contributed by atoms with van der Waals surface area (Å²) < 4.78 is 5.81. The van der Waals surface area contributed by atoms with Gasteiger partial charge in [-0.25, -0.2) is 0 Å². The maximum absolute atomic E-state index is 12.5. The molecule has 4 rings (SSSR count). The van der Waals surface area contributed by atoms with E-state index in [1.54, 1.807) is 0 Å². The summed E-state index contributed by atoms with van der Waals surface area (Å²) in [6.45, 7) is 3.92. The Hall–Kier alpha value is -1.79. The van der Waals surface area contributed by atoms with E-state index in [4.69, 9.17) is 4.74 Å². The molecule has 4 unspecified atom stereocenters. The van der Waals surface area contributed by atoms with Crippen molar-refractivity contribution in [2.24, 2.45) is 5.92 Å². The molecular formula is C21H30ClN3O3. The normalized spacial score (nSPS) is 29.0. The number of anilines is 1. The molecule has 28 heavy (non-hydrogen) atoms. The number of benzene rings is 1. The molecule has 2 amide bonds. The molecule has 7 heteroatoms. The van der Waals surface area contributed by atoms with Crippen LogP contribution in [-0.2, 0) is 9.59 Å². The highest BCUT2D eigenvalue weighted by molar-refractivity contribution is 5.97. The molecule has 2 bridgehead atoms. The van der Waals surface area contributed by atoms with E-state index in [9.17, 15) is 9.59 Å². The van der Waals surface area contributed by atoms with E-state index in [2.05, 4.69) is 16.0 Å². The highest BCUT2D eigenvalue weighted by atomic mass is 35.5. The zero-order valence-corrected chi connectivity index (χ0v) is 17.3. The Labute approximate surface area is 172 Å². The Balaban J connectivity index is 0.00000225. The van der Waals surface area contributed by atoms with Crippen LogP contribution in [0.3, 0.4) is 0 Å². The fraction of sp³-hybridized carbons (Fsp3) is 0.619. The molecule has 0 radical (unpaired) electrons. The molecule has 6 nitrogen and oxygen atoms in total. The number of carbonyl (C=O) groups is 2. The smallest absolute Gasteiger partial charge is 0.265 e. The number of fused-ring (bicyclic) bond motifs is 3. The third-order valence-electron chi connectivity index (χ3n) is 6.12. The van der Waals surface area contributed by atoms with Crippen molar-refractivity contribution < 1.29 is 14.3 Å². The van der Waals surface area contributed by atoms with Gasteiger partial charge in [-0.2, -0.15) is 0 Å². The largest absolute Gasteiger partial charge is 0.478 e. The first-order chi connectivity index (χ1) is 13.0. The van der Waals surface area contributed by atoms with Gasteiger partial charge < -0.3 is 20.7 Å². The SMILES string of the molecule is CCC1Oc2cc(C(C)NC(=O)CC3CC4CCC(C3)N4)ccc2NC1=O.Cl. The van der Waals surface area contributed by atoms with Crippen LogP contribution in [-0.4, -0.2) is 30.0 Å². The van der Waals surface area contributed by atoms with Crippen molar-refractivity contribution in [2.45, 2.75) is 76.6 Å². The minimum atomic E-state index is -0.451. The maximum atomic E-state index is 12.5. The number of amides is 2. The van der Waals surface area contributed by atoms with Crippen molar-refractivity contribution in [1.29, 1.82) is 0 Å². The van der Waals surface area contributed by atoms with Crippen molar-refractivity contribution in [3.8, 4) is 5.75 Å². The third kappa shape index (κ3) is 4.44. The van der Waals surface area contributed by atoms with E-state index in [0.717, 1.165) is 18.4 Å². The summed E-state index contributed by atoms with van der Waals surface area (Å²) >= 11 is 0. The molecule has 2 fully saturated rings. The average molecular weight is 408 g/mol. The van der Waals surface area contributed by atoms with E-state index in [-0.39, 0.29) is 30.3 Å². The molecule has 3 aliphatic rings. The molecule has 154 valence electrons. The summed E-state index contributed by atoms with van der Waals surface area (Å²) in [7, 11) is 0. The number of halogens is 1. The second-order valence-electron chi connectivity index (χ2n) is 8.23. The van der Waals surface area contributed by atoms with Gasteiger partial charge in [0.15, 0.2) is 6.10 Å². The van der Waals surface area contributed by atoms with Crippen LogP contribution in [0.5, 0.6) is 5.75 Å². The van der Waals surface area contributed by atoms with Crippen LogP contribution >= 0.6 is 12.4 Å². The molecule has 1 aromatic carbocycles. The lowest BCUT2D eigenvalue weighted by Crippen LogP contribution is -2.40. The van der Waals surface area contributed by atoms with Gasteiger partial charge in [-0.15, -0.1) is 12.4 Å². The summed E-state index contributed by atoms with van der Waals surface area (Å²) in [6.07, 6.45) is 5.52. The van der Waals surface area contributed by atoms with E-state index in [0.29, 0.717) is 42.3 Å². The molecule has 0 saturated carbocycles. The number of hydrogen-bond acceptors (Lipinski definition) is 4. The first kappa shape index (κ1) is 20.9. The molecule has 2 saturated heterocycles. The lowest BCUT2D eigenvalue weighted by molar-refractivity contribution is -0.124. The lowest BCUT2D eigenvalue weighted by atomic mass is 9.89. The van der Waals surface area contributed by atoms with Crippen molar-refractivity contribution in [3.63, 3.8) is 0 Å². The Bertz CT molecular complexity index is 730. The third-order valence-corrected chi connectivity index (χ3v) is 6.12. The second kappa shape index (κ2) is 8.70. The fourth-order valence-corrected chi connectivity index (χ4v) is 4.69. The molecular weight excluding hydrogens is 378 g/mol. The molecule has 0 aliphatic carbocycles. The van der Waals surface area contributed by atoms with Gasteiger partial charge in [0, 0.05) is 18.5 Å². The molecule has 3 heterocycles. The van der Waals surface area contributed by atoms with Gasteiger partial charge in [-0.3, -0.25) is 9.59 Å². The van der Waals surface area contributed by atoms with Gasteiger partial charge in [0.25, 0.3) is 5.91 Å². The Kier molecular flexibility index (Phi) is 6.50. The minimum absolute atomic E-state index is 0. The van der Waals surface area contributed by atoms with Crippen molar-refractivity contribution in [1.82, 2.24) is 10.6 Å². The Morgan fingerprint density at radius 1 is 1.29 bits per heavy atom. The first-order valence-electron chi connectivity index (χ1n) is 10.2. The predicted octanol–water partition coefficient (Wildman–Crippen LogP) is 3.32. The summed E-state index contributed by atoms with van der Waals surface area (Å²) in [5, 5.41) is 9.64. The van der Waals surface area contributed by atoms with Gasteiger partial charge in [0.2, 0.25) is 5.91 Å². The molecule has 3 aliphatic heterocycles. The standard InChI is InChI=1S/C21H29N3O3.ClH/c1-3-18-21(26)24-17-7-4-14(11-19(17)27-18)12(2)22-20(25)10-13-8-15-5-6-16(9-13)23-15;/h4,7,11-13,15-16,18,23H,3,5-6,8-10H2,1-2H3,(H,22,25)(H,24,26);1H. The highest BCUT2D eigenvalue weighted by Crippen LogP contribution is 2.34. The number of rotatable bonds is 5. The zero-order valence-electron chi connectivity index (χ0n) is 16.5. The molecule has 0 aromatic heterocycles. The van der Waals surface area contributed by atoms with Crippen molar-refractivity contribution >= 4 is 29.9 Å². The number of ether oxygens (including phenoxy) is 1. The number of piperidine rings is 1. The fourth-order valence-electron chi connectivity index (χ4n) is 4.69. The van der Waals surface area contributed by atoms with E-state index in [1.807, 2.05) is 32.0 Å². The van der Waals surface area contributed by atoms with Crippen LogP contribution in [0.2, 0.25) is 0 Å². The van der Waals surface area contributed by atoms with Gasteiger partial charge in [0.1, 0.15) is 5.75 Å². The molecule has 3 N–H and O–H groups in total. The summed E-state index contributed by atoms with van der Waals surface area (Å²) in [5.74, 6) is 1.18. The monoisotopic (exact) mass is 407 g/mol. The van der Waals surface area contributed by atoms with Gasteiger partial charge in [-0.05, 0) is 62.6 Å². The first-order valence-corrected chi connectivity index (χ1v) is 10.2. The zero-order chi connectivity index (χ0) is 19.0. The topological polar surface area (TPSA) is 79.5 Å². The summed E-state index contributed by atoms with van der Waals surface area (Å²) in [5.41, 5.74) is 1.68. The second-order valence-corrected chi connectivity index (χ2v) is 8.23. The Morgan fingerprint density at radius 2 is 2.00 bits per heavy atom. The predicted molar refractivity (Wildman–Crippen MR) is 111 cm³/mol.